The molecule has 0 aliphatic rings. The van der Waals surface area contributed by atoms with Crippen LogP contribution in [-0.2, 0) is 23.4 Å². The van der Waals surface area contributed by atoms with Crippen LogP contribution in [-0.4, -0.2) is 68.3 Å². The average Bonchev–Trinajstić information content (AvgIpc) is 2.69. The summed E-state index contributed by atoms with van der Waals surface area (Å²) in [6, 6.07) is 1.32. The maximum Gasteiger partial charge on any atom is 0.186 e. The minimum absolute atomic E-state index is 0.637. The molecule has 0 spiro atoms. The summed E-state index contributed by atoms with van der Waals surface area (Å²) in [5, 5.41) is 0. The van der Waals surface area contributed by atoms with E-state index in [4.69, 9.17) is 23.4 Å². The number of ether oxygens (including phenoxy) is 4. The monoisotopic (exact) mass is 434 g/mol. The normalized spacial score (nSPS) is 12.0. The Hall–Kier alpha value is 0.0169. The summed E-state index contributed by atoms with van der Waals surface area (Å²) in [7, 11) is 0.331. The van der Waals surface area contributed by atoms with Gasteiger partial charge < -0.3 is 23.4 Å². The number of rotatable bonds is 24. The molecule has 0 rings (SSSR count). The highest BCUT2D eigenvalue weighted by molar-refractivity contribution is 6.71. The standard InChI is InChI=1S/C23H50O5Si/c1-5-28-29(3,4)23-14-12-10-8-6-7-9-11-13-16-25-17-15-18-26-21-22-27-20-19-24-2/h5-23H2,1-4H3. The molecule has 0 fully saturated rings. The van der Waals surface area contributed by atoms with E-state index in [0.717, 1.165) is 32.8 Å². The first-order chi connectivity index (χ1) is 14.1. The molecule has 0 atom stereocenters. The second-order valence-corrected chi connectivity index (χ2v) is 12.6. The summed E-state index contributed by atoms with van der Waals surface area (Å²) >= 11 is 0. The van der Waals surface area contributed by atoms with Crippen LogP contribution in [0.15, 0.2) is 0 Å². The van der Waals surface area contributed by atoms with Crippen molar-refractivity contribution < 1.29 is 23.4 Å². The van der Waals surface area contributed by atoms with Crippen LogP contribution in [0, 0.1) is 0 Å². The average molecular weight is 435 g/mol. The van der Waals surface area contributed by atoms with Gasteiger partial charge in [0.1, 0.15) is 0 Å². The molecule has 0 aromatic rings. The SMILES string of the molecule is CCO[Si](C)(C)CCCCCCCCCCCOCCCOCCOCCOC. The van der Waals surface area contributed by atoms with Crippen LogP contribution in [0.1, 0.15) is 71.1 Å². The van der Waals surface area contributed by atoms with Crippen LogP contribution in [0.4, 0.5) is 0 Å². The van der Waals surface area contributed by atoms with Gasteiger partial charge in [0, 0.05) is 33.5 Å². The lowest BCUT2D eigenvalue weighted by Crippen LogP contribution is -2.29. The van der Waals surface area contributed by atoms with E-state index in [9.17, 15) is 0 Å². The molecule has 0 aliphatic carbocycles. The zero-order valence-corrected chi connectivity index (χ0v) is 21.0. The van der Waals surface area contributed by atoms with Crippen LogP contribution in [0.2, 0.25) is 19.1 Å². The van der Waals surface area contributed by atoms with Crippen molar-refractivity contribution >= 4 is 8.32 Å². The Bertz CT molecular complexity index is 316. The fourth-order valence-electron chi connectivity index (χ4n) is 3.28. The Morgan fingerprint density at radius 2 is 0.966 bits per heavy atom. The Balaban J connectivity index is 3.08. The molecule has 5 nitrogen and oxygen atoms in total. The van der Waals surface area contributed by atoms with Crippen LogP contribution in [0.3, 0.4) is 0 Å². The van der Waals surface area contributed by atoms with E-state index in [1.165, 1.54) is 63.8 Å². The van der Waals surface area contributed by atoms with Crippen LogP contribution in [0.25, 0.3) is 0 Å². The van der Waals surface area contributed by atoms with Crippen molar-refractivity contribution in [2.24, 2.45) is 0 Å². The molecule has 29 heavy (non-hydrogen) atoms. The van der Waals surface area contributed by atoms with E-state index >= 15 is 0 Å². The molecule has 0 bridgehead atoms. The molecular formula is C23H50O5Si. The van der Waals surface area contributed by atoms with Gasteiger partial charge in [0.2, 0.25) is 0 Å². The second-order valence-electron chi connectivity index (χ2n) is 8.31. The largest absolute Gasteiger partial charge is 0.418 e. The lowest BCUT2D eigenvalue weighted by atomic mass is 10.1. The van der Waals surface area contributed by atoms with Crippen molar-refractivity contribution in [1.29, 1.82) is 0 Å². The molecule has 0 unspecified atom stereocenters. The number of methoxy groups -OCH3 is 1. The predicted octanol–water partition coefficient (Wildman–Crippen LogP) is 5.83. The van der Waals surface area contributed by atoms with Gasteiger partial charge in [-0.05, 0) is 38.9 Å². The fourth-order valence-corrected chi connectivity index (χ4v) is 5.31. The Labute approximate surface area is 182 Å². The summed E-state index contributed by atoms with van der Waals surface area (Å²) < 4.78 is 27.3. The molecule has 0 heterocycles. The highest BCUT2D eigenvalue weighted by Crippen LogP contribution is 2.17. The first-order valence-electron chi connectivity index (χ1n) is 12.0. The summed E-state index contributed by atoms with van der Waals surface area (Å²) in [6.45, 7) is 12.7. The zero-order chi connectivity index (χ0) is 21.5. The third-order valence-electron chi connectivity index (χ3n) is 4.98. The van der Waals surface area contributed by atoms with Gasteiger partial charge in [-0.25, -0.2) is 0 Å². The lowest BCUT2D eigenvalue weighted by molar-refractivity contribution is 0.0181. The van der Waals surface area contributed by atoms with Crippen molar-refractivity contribution in [3.63, 3.8) is 0 Å². The number of unbranched alkanes of at least 4 members (excludes halogenated alkanes) is 8. The van der Waals surface area contributed by atoms with Crippen LogP contribution in [0.5, 0.6) is 0 Å². The van der Waals surface area contributed by atoms with Gasteiger partial charge in [0.05, 0.1) is 26.4 Å². The van der Waals surface area contributed by atoms with Gasteiger partial charge >= 0.3 is 0 Å². The Kier molecular flexibility index (Phi) is 22.7. The molecule has 0 amide bonds. The minimum atomic E-state index is -1.35. The number of hydrogen-bond donors (Lipinski definition) is 0. The Morgan fingerprint density at radius 3 is 1.55 bits per heavy atom. The molecule has 0 radical (unpaired) electrons. The molecule has 0 N–H and O–H groups in total. The summed E-state index contributed by atoms with van der Waals surface area (Å²) in [5.74, 6) is 0. The van der Waals surface area contributed by atoms with Crippen molar-refractivity contribution in [3.05, 3.63) is 0 Å². The van der Waals surface area contributed by atoms with Gasteiger partial charge in [0.25, 0.3) is 0 Å². The lowest BCUT2D eigenvalue weighted by Gasteiger charge is -2.21. The molecule has 176 valence electrons. The summed E-state index contributed by atoms with van der Waals surface area (Å²) in [5.41, 5.74) is 0. The molecule has 0 aromatic heterocycles. The smallest absolute Gasteiger partial charge is 0.186 e. The van der Waals surface area contributed by atoms with Crippen LogP contribution >= 0.6 is 0 Å². The highest BCUT2D eigenvalue weighted by Gasteiger charge is 2.20. The van der Waals surface area contributed by atoms with Crippen molar-refractivity contribution in [2.75, 3.05) is 60.0 Å². The molecule has 0 saturated carbocycles. The Morgan fingerprint density at radius 1 is 0.517 bits per heavy atom. The van der Waals surface area contributed by atoms with E-state index in [0.29, 0.717) is 26.4 Å². The molecule has 0 saturated heterocycles. The van der Waals surface area contributed by atoms with Gasteiger partial charge in [-0.3, -0.25) is 0 Å². The van der Waals surface area contributed by atoms with E-state index in [1.54, 1.807) is 7.11 Å². The molecule has 6 heteroatoms. The van der Waals surface area contributed by atoms with E-state index in [-0.39, 0.29) is 0 Å². The third-order valence-corrected chi connectivity index (χ3v) is 7.61. The fraction of sp³-hybridized carbons (Fsp3) is 1.00. The van der Waals surface area contributed by atoms with Crippen LogP contribution < -0.4 is 0 Å². The predicted molar refractivity (Wildman–Crippen MR) is 124 cm³/mol. The maximum absolute atomic E-state index is 5.89. The molecule has 0 aromatic carbocycles. The van der Waals surface area contributed by atoms with Gasteiger partial charge in [-0.1, -0.05) is 51.4 Å². The van der Waals surface area contributed by atoms with Crippen molar-refractivity contribution in [2.45, 2.75) is 90.3 Å². The number of hydrogen-bond acceptors (Lipinski definition) is 5. The third kappa shape index (κ3) is 24.2. The van der Waals surface area contributed by atoms with Gasteiger partial charge in [0.15, 0.2) is 8.32 Å². The topological polar surface area (TPSA) is 46.2 Å². The van der Waals surface area contributed by atoms with E-state index in [2.05, 4.69) is 20.0 Å². The van der Waals surface area contributed by atoms with Crippen molar-refractivity contribution in [3.8, 4) is 0 Å². The molecule has 0 aliphatic heterocycles. The summed E-state index contributed by atoms with van der Waals surface area (Å²) in [6.07, 6.45) is 13.1. The maximum atomic E-state index is 5.89. The molecular weight excluding hydrogens is 384 g/mol. The minimum Gasteiger partial charge on any atom is -0.418 e. The van der Waals surface area contributed by atoms with E-state index < -0.39 is 8.32 Å². The zero-order valence-electron chi connectivity index (χ0n) is 20.0. The first-order valence-corrected chi connectivity index (χ1v) is 15.1. The quantitative estimate of drug-likeness (QED) is 0.141. The first kappa shape index (κ1) is 29.0. The second kappa shape index (κ2) is 22.7. The van der Waals surface area contributed by atoms with Gasteiger partial charge in [-0.2, -0.15) is 0 Å². The van der Waals surface area contributed by atoms with Gasteiger partial charge in [-0.15, -0.1) is 0 Å². The van der Waals surface area contributed by atoms with E-state index in [1.807, 2.05) is 0 Å². The highest BCUT2D eigenvalue weighted by atomic mass is 28.4. The van der Waals surface area contributed by atoms with Crippen molar-refractivity contribution in [1.82, 2.24) is 0 Å². The summed E-state index contributed by atoms with van der Waals surface area (Å²) in [4.78, 5) is 0.